The molecule has 0 bridgehead atoms. The average Bonchev–Trinajstić information content (AvgIpc) is 2.39. The zero-order valence-electron chi connectivity index (χ0n) is 11.1. The zero-order chi connectivity index (χ0) is 13.0. The molecule has 0 aromatic heterocycles. The molecule has 2 rings (SSSR count). The molecule has 0 radical (unpaired) electrons. The standard InChI is InChI=1S/C15H22O3/c1-11(16)14-8-3-4-9-15(14)18-13-7-5-6-12(10-13)17-2/h3-4,8-9,11-13,16H,5-7,10H2,1-2H3/t11-,12?,13?/m0/s1. The molecule has 1 N–H and O–H groups in total. The lowest BCUT2D eigenvalue weighted by atomic mass is 9.94. The summed E-state index contributed by atoms with van der Waals surface area (Å²) in [5, 5.41) is 9.73. The quantitative estimate of drug-likeness (QED) is 0.892. The molecular formula is C15H22O3. The minimum absolute atomic E-state index is 0.198. The van der Waals surface area contributed by atoms with Crippen LogP contribution in [0.25, 0.3) is 0 Å². The van der Waals surface area contributed by atoms with Crippen molar-refractivity contribution in [2.75, 3.05) is 7.11 Å². The number of benzene rings is 1. The number of ether oxygens (including phenoxy) is 2. The van der Waals surface area contributed by atoms with Crippen LogP contribution in [0.1, 0.15) is 44.3 Å². The molecule has 3 heteroatoms. The van der Waals surface area contributed by atoms with Gasteiger partial charge in [0, 0.05) is 19.1 Å². The van der Waals surface area contributed by atoms with Crippen LogP contribution in [0.2, 0.25) is 0 Å². The van der Waals surface area contributed by atoms with E-state index in [0.717, 1.165) is 37.0 Å². The van der Waals surface area contributed by atoms with Gasteiger partial charge in [0.1, 0.15) is 11.9 Å². The number of hydrogen-bond acceptors (Lipinski definition) is 3. The van der Waals surface area contributed by atoms with Gasteiger partial charge in [-0.05, 0) is 32.3 Å². The van der Waals surface area contributed by atoms with Gasteiger partial charge >= 0.3 is 0 Å². The lowest BCUT2D eigenvalue weighted by molar-refractivity contribution is 0.0199. The van der Waals surface area contributed by atoms with E-state index in [9.17, 15) is 5.11 Å². The van der Waals surface area contributed by atoms with Gasteiger partial charge in [0.05, 0.1) is 12.2 Å². The summed E-state index contributed by atoms with van der Waals surface area (Å²) >= 11 is 0. The third-order valence-corrected chi connectivity index (χ3v) is 3.57. The first-order valence-electron chi connectivity index (χ1n) is 6.67. The lowest BCUT2D eigenvalue weighted by Crippen LogP contribution is -2.29. The molecule has 0 spiro atoms. The van der Waals surface area contributed by atoms with Gasteiger partial charge in [-0.1, -0.05) is 18.2 Å². The second kappa shape index (κ2) is 6.21. The molecule has 2 unspecified atom stereocenters. The summed E-state index contributed by atoms with van der Waals surface area (Å²) in [6, 6.07) is 7.71. The van der Waals surface area contributed by atoms with Gasteiger partial charge in [-0.3, -0.25) is 0 Å². The molecule has 1 aromatic rings. The second-order valence-corrected chi connectivity index (χ2v) is 4.98. The topological polar surface area (TPSA) is 38.7 Å². The fourth-order valence-electron chi connectivity index (χ4n) is 2.54. The fraction of sp³-hybridized carbons (Fsp3) is 0.600. The van der Waals surface area contributed by atoms with Crippen molar-refractivity contribution in [2.24, 2.45) is 0 Å². The molecule has 3 atom stereocenters. The second-order valence-electron chi connectivity index (χ2n) is 4.98. The Morgan fingerprint density at radius 2 is 1.94 bits per heavy atom. The van der Waals surface area contributed by atoms with Crippen molar-refractivity contribution in [1.82, 2.24) is 0 Å². The van der Waals surface area contributed by atoms with E-state index >= 15 is 0 Å². The summed E-state index contributed by atoms with van der Waals surface area (Å²) in [4.78, 5) is 0. The van der Waals surface area contributed by atoms with Crippen LogP contribution < -0.4 is 4.74 Å². The first-order valence-corrected chi connectivity index (χ1v) is 6.67. The van der Waals surface area contributed by atoms with Crippen LogP contribution in [0.5, 0.6) is 5.75 Å². The fourth-order valence-corrected chi connectivity index (χ4v) is 2.54. The molecule has 0 amide bonds. The summed E-state index contributed by atoms with van der Waals surface area (Å²) in [5.74, 6) is 0.800. The summed E-state index contributed by atoms with van der Waals surface area (Å²) in [7, 11) is 1.76. The van der Waals surface area contributed by atoms with Crippen molar-refractivity contribution in [3.05, 3.63) is 29.8 Å². The van der Waals surface area contributed by atoms with E-state index in [0.29, 0.717) is 6.10 Å². The van der Waals surface area contributed by atoms with E-state index < -0.39 is 6.10 Å². The van der Waals surface area contributed by atoms with Gasteiger partial charge in [0.15, 0.2) is 0 Å². The highest BCUT2D eigenvalue weighted by Crippen LogP contribution is 2.29. The zero-order valence-corrected chi connectivity index (χ0v) is 11.1. The van der Waals surface area contributed by atoms with Crippen LogP contribution in [0.3, 0.4) is 0 Å². The van der Waals surface area contributed by atoms with Crippen LogP contribution in [0.4, 0.5) is 0 Å². The normalized spacial score (nSPS) is 25.7. The van der Waals surface area contributed by atoms with Crippen LogP contribution in [-0.2, 0) is 4.74 Å². The Morgan fingerprint density at radius 3 is 2.67 bits per heavy atom. The molecular weight excluding hydrogens is 228 g/mol. The summed E-state index contributed by atoms with van der Waals surface area (Å²) < 4.78 is 11.4. The average molecular weight is 250 g/mol. The maximum absolute atomic E-state index is 9.73. The molecule has 0 heterocycles. The SMILES string of the molecule is COC1CCCC(Oc2ccccc2[C@H](C)O)C1. The maximum atomic E-state index is 9.73. The molecule has 1 fully saturated rings. The smallest absolute Gasteiger partial charge is 0.125 e. The lowest BCUT2D eigenvalue weighted by Gasteiger charge is -2.29. The van der Waals surface area contributed by atoms with Crippen molar-refractivity contribution < 1.29 is 14.6 Å². The predicted octanol–water partition coefficient (Wildman–Crippen LogP) is 3.08. The van der Waals surface area contributed by atoms with Gasteiger partial charge in [-0.2, -0.15) is 0 Å². The molecule has 1 aliphatic carbocycles. The Morgan fingerprint density at radius 1 is 1.22 bits per heavy atom. The molecule has 3 nitrogen and oxygen atoms in total. The highest BCUT2D eigenvalue weighted by Gasteiger charge is 2.24. The van der Waals surface area contributed by atoms with E-state index in [4.69, 9.17) is 9.47 Å². The Hall–Kier alpha value is -1.06. The van der Waals surface area contributed by atoms with Crippen molar-refractivity contribution in [1.29, 1.82) is 0 Å². The first kappa shape index (κ1) is 13.4. The molecule has 1 aliphatic rings. The van der Waals surface area contributed by atoms with E-state index in [1.165, 1.54) is 0 Å². The molecule has 0 saturated heterocycles. The summed E-state index contributed by atoms with van der Waals surface area (Å²) in [6.07, 6.45) is 4.27. The third-order valence-electron chi connectivity index (χ3n) is 3.57. The molecule has 18 heavy (non-hydrogen) atoms. The van der Waals surface area contributed by atoms with Gasteiger partial charge < -0.3 is 14.6 Å². The minimum Gasteiger partial charge on any atom is -0.490 e. The van der Waals surface area contributed by atoms with E-state index in [-0.39, 0.29) is 6.10 Å². The molecule has 1 saturated carbocycles. The summed E-state index contributed by atoms with van der Waals surface area (Å²) in [6.45, 7) is 1.76. The molecule has 0 aliphatic heterocycles. The highest BCUT2D eigenvalue weighted by atomic mass is 16.5. The van der Waals surface area contributed by atoms with Crippen molar-refractivity contribution in [3.8, 4) is 5.75 Å². The number of aliphatic hydroxyl groups excluding tert-OH is 1. The van der Waals surface area contributed by atoms with Crippen LogP contribution in [-0.4, -0.2) is 24.4 Å². The Bertz CT molecular complexity index is 376. The summed E-state index contributed by atoms with van der Waals surface area (Å²) in [5.41, 5.74) is 0.858. The monoisotopic (exact) mass is 250 g/mol. The van der Waals surface area contributed by atoms with Gasteiger partial charge in [-0.15, -0.1) is 0 Å². The highest BCUT2D eigenvalue weighted by molar-refractivity contribution is 5.34. The predicted molar refractivity (Wildman–Crippen MR) is 70.8 cm³/mol. The van der Waals surface area contributed by atoms with Gasteiger partial charge in [0.25, 0.3) is 0 Å². The van der Waals surface area contributed by atoms with Crippen molar-refractivity contribution in [3.63, 3.8) is 0 Å². The Labute approximate surface area is 109 Å². The van der Waals surface area contributed by atoms with E-state index in [1.807, 2.05) is 24.3 Å². The van der Waals surface area contributed by atoms with Gasteiger partial charge in [-0.25, -0.2) is 0 Å². The Balaban J connectivity index is 2.04. The van der Waals surface area contributed by atoms with Gasteiger partial charge in [0.2, 0.25) is 0 Å². The van der Waals surface area contributed by atoms with Crippen molar-refractivity contribution in [2.45, 2.75) is 50.9 Å². The minimum atomic E-state index is -0.497. The number of hydrogen-bond donors (Lipinski definition) is 1. The number of methoxy groups -OCH3 is 1. The van der Waals surface area contributed by atoms with Crippen LogP contribution >= 0.6 is 0 Å². The van der Waals surface area contributed by atoms with E-state index in [1.54, 1.807) is 14.0 Å². The Kier molecular flexibility index (Phi) is 4.61. The molecule has 100 valence electrons. The van der Waals surface area contributed by atoms with Crippen molar-refractivity contribution >= 4 is 0 Å². The number of aliphatic hydroxyl groups is 1. The van der Waals surface area contributed by atoms with Crippen LogP contribution in [0, 0.1) is 0 Å². The largest absolute Gasteiger partial charge is 0.490 e. The molecule has 1 aromatic carbocycles. The maximum Gasteiger partial charge on any atom is 0.125 e. The first-order chi connectivity index (χ1) is 8.70. The third kappa shape index (κ3) is 3.24. The number of para-hydroxylation sites is 1. The van der Waals surface area contributed by atoms with Crippen LogP contribution in [0.15, 0.2) is 24.3 Å². The number of rotatable bonds is 4. The van der Waals surface area contributed by atoms with E-state index in [2.05, 4.69) is 0 Å².